The van der Waals surface area contributed by atoms with Gasteiger partial charge in [0, 0.05) is 19.3 Å². The topological polar surface area (TPSA) is 3.24 Å². The Bertz CT molecular complexity index is 263. The lowest BCUT2D eigenvalue weighted by molar-refractivity contribution is 0.251. The molecule has 1 unspecified atom stereocenters. The molecule has 0 radical (unpaired) electrons. The minimum atomic E-state index is 0.401. The number of allylic oxidation sites excluding steroid dienone is 3. The molecule has 0 heterocycles. The molecule has 1 rings (SSSR count). The zero-order valence-electron chi connectivity index (χ0n) is 10.9. The van der Waals surface area contributed by atoms with E-state index in [1.165, 1.54) is 18.5 Å². The van der Waals surface area contributed by atoms with Gasteiger partial charge in [0.05, 0.1) is 0 Å². The largest absolute Gasteiger partial charge is 0.375 e. The van der Waals surface area contributed by atoms with Crippen molar-refractivity contribution in [2.45, 2.75) is 40.5 Å². The highest BCUT2D eigenvalue weighted by atomic mass is 15.1. The molecule has 0 fully saturated rings. The number of likely N-dealkylation sites (N-methyl/N-ethyl adjacent to an activating group) is 1. The molecule has 0 aromatic rings. The standard InChI is InChI=1S/C14H25N/c1-6-14(12(3)4)10-8-13(9-11-14)15(5)7-2/h8-10,12H,6-7,11H2,1-5H3. The molecule has 1 aliphatic carbocycles. The summed E-state index contributed by atoms with van der Waals surface area (Å²) in [6.45, 7) is 10.2. The summed E-state index contributed by atoms with van der Waals surface area (Å²) in [5.41, 5.74) is 1.78. The summed E-state index contributed by atoms with van der Waals surface area (Å²) >= 11 is 0. The number of rotatable bonds is 4. The third-order valence-corrected chi connectivity index (χ3v) is 4.00. The van der Waals surface area contributed by atoms with E-state index in [4.69, 9.17) is 0 Å². The monoisotopic (exact) mass is 207 g/mol. The van der Waals surface area contributed by atoms with Crippen molar-refractivity contribution in [1.29, 1.82) is 0 Å². The number of nitrogens with zero attached hydrogens (tertiary/aromatic N) is 1. The average molecular weight is 207 g/mol. The minimum absolute atomic E-state index is 0.401. The van der Waals surface area contributed by atoms with Crippen LogP contribution in [0.15, 0.2) is 23.9 Å². The first-order chi connectivity index (χ1) is 7.05. The van der Waals surface area contributed by atoms with Gasteiger partial charge in [-0.1, -0.05) is 32.9 Å². The van der Waals surface area contributed by atoms with Gasteiger partial charge < -0.3 is 4.90 Å². The molecule has 0 N–H and O–H groups in total. The van der Waals surface area contributed by atoms with Crippen LogP contribution < -0.4 is 0 Å². The van der Waals surface area contributed by atoms with Crippen molar-refractivity contribution in [1.82, 2.24) is 4.90 Å². The SMILES string of the molecule is CCN(C)C1=CCC(CC)(C(C)C)C=C1. The van der Waals surface area contributed by atoms with Gasteiger partial charge in [0.15, 0.2) is 0 Å². The summed E-state index contributed by atoms with van der Waals surface area (Å²) in [5.74, 6) is 0.725. The third-order valence-electron chi connectivity index (χ3n) is 4.00. The Morgan fingerprint density at radius 1 is 1.40 bits per heavy atom. The molecule has 0 amide bonds. The Kier molecular flexibility index (Phi) is 4.01. The lowest BCUT2D eigenvalue weighted by Gasteiger charge is -2.36. The lowest BCUT2D eigenvalue weighted by atomic mass is 9.70. The predicted octanol–water partition coefficient (Wildman–Crippen LogP) is 3.83. The maximum Gasteiger partial charge on any atom is 0.0320 e. The van der Waals surface area contributed by atoms with Gasteiger partial charge in [0.1, 0.15) is 0 Å². The second kappa shape index (κ2) is 4.87. The van der Waals surface area contributed by atoms with E-state index in [0.29, 0.717) is 5.41 Å². The van der Waals surface area contributed by atoms with Gasteiger partial charge in [-0.3, -0.25) is 0 Å². The fourth-order valence-corrected chi connectivity index (χ4v) is 2.25. The van der Waals surface area contributed by atoms with Crippen LogP contribution in [0.2, 0.25) is 0 Å². The van der Waals surface area contributed by atoms with E-state index in [1.54, 1.807) is 0 Å². The molecular weight excluding hydrogens is 182 g/mol. The Labute approximate surface area is 94.9 Å². The Balaban J connectivity index is 2.77. The minimum Gasteiger partial charge on any atom is -0.375 e. The fraction of sp³-hybridized carbons (Fsp3) is 0.714. The van der Waals surface area contributed by atoms with Crippen molar-refractivity contribution in [2.24, 2.45) is 11.3 Å². The Hall–Kier alpha value is -0.720. The first-order valence-electron chi connectivity index (χ1n) is 6.16. The van der Waals surface area contributed by atoms with E-state index in [0.717, 1.165) is 12.5 Å². The summed E-state index contributed by atoms with van der Waals surface area (Å²) in [5, 5.41) is 0. The summed E-state index contributed by atoms with van der Waals surface area (Å²) in [6.07, 6.45) is 9.56. The van der Waals surface area contributed by atoms with Crippen LogP contribution in [-0.2, 0) is 0 Å². The van der Waals surface area contributed by atoms with Gasteiger partial charge in [-0.15, -0.1) is 0 Å². The van der Waals surface area contributed by atoms with Crippen LogP contribution in [0.5, 0.6) is 0 Å². The maximum absolute atomic E-state index is 2.43. The fourth-order valence-electron chi connectivity index (χ4n) is 2.25. The molecule has 1 heteroatoms. The van der Waals surface area contributed by atoms with Crippen LogP contribution in [0, 0.1) is 11.3 Å². The van der Waals surface area contributed by atoms with Gasteiger partial charge in [0.2, 0.25) is 0 Å². The van der Waals surface area contributed by atoms with Gasteiger partial charge in [-0.05, 0) is 37.2 Å². The summed E-state index contributed by atoms with van der Waals surface area (Å²) < 4.78 is 0. The first-order valence-corrected chi connectivity index (χ1v) is 6.16. The summed E-state index contributed by atoms with van der Waals surface area (Å²) in [4.78, 5) is 2.30. The molecule has 0 aromatic carbocycles. The first kappa shape index (κ1) is 12.4. The molecule has 0 bridgehead atoms. The van der Waals surface area contributed by atoms with E-state index >= 15 is 0 Å². The molecule has 0 spiro atoms. The van der Waals surface area contributed by atoms with E-state index in [9.17, 15) is 0 Å². The highest BCUT2D eigenvalue weighted by Gasteiger charge is 2.30. The molecule has 15 heavy (non-hydrogen) atoms. The van der Waals surface area contributed by atoms with Gasteiger partial charge in [-0.25, -0.2) is 0 Å². The predicted molar refractivity (Wildman–Crippen MR) is 67.7 cm³/mol. The van der Waals surface area contributed by atoms with Crippen LogP contribution >= 0.6 is 0 Å². The van der Waals surface area contributed by atoms with Crippen molar-refractivity contribution in [3.8, 4) is 0 Å². The molecule has 0 saturated carbocycles. The summed E-state index contributed by atoms with van der Waals surface area (Å²) in [7, 11) is 2.16. The normalized spacial score (nSPS) is 25.6. The molecule has 0 saturated heterocycles. The van der Waals surface area contributed by atoms with E-state index in [1.807, 2.05) is 0 Å². The van der Waals surface area contributed by atoms with E-state index in [-0.39, 0.29) is 0 Å². The Morgan fingerprint density at radius 2 is 2.07 bits per heavy atom. The second-order valence-corrected chi connectivity index (χ2v) is 4.92. The van der Waals surface area contributed by atoms with Crippen LogP contribution in [0.4, 0.5) is 0 Å². The average Bonchev–Trinajstić information content (AvgIpc) is 2.28. The van der Waals surface area contributed by atoms with Crippen LogP contribution in [0.1, 0.15) is 40.5 Å². The second-order valence-electron chi connectivity index (χ2n) is 4.92. The van der Waals surface area contributed by atoms with Crippen molar-refractivity contribution in [3.05, 3.63) is 23.9 Å². The third kappa shape index (κ3) is 2.45. The molecule has 1 aliphatic rings. The van der Waals surface area contributed by atoms with Crippen LogP contribution in [0.25, 0.3) is 0 Å². The number of hydrogen-bond acceptors (Lipinski definition) is 1. The van der Waals surface area contributed by atoms with Crippen molar-refractivity contribution >= 4 is 0 Å². The van der Waals surface area contributed by atoms with Gasteiger partial charge in [-0.2, -0.15) is 0 Å². The molecule has 0 aliphatic heterocycles. The quantitative estimate of drug-likeness (QED) is 0.677. The van der Waals surface area contributed by atoms with E-state index < -0.39 is 0 Å². The molecule has 0 aromatic heterocycles. The summed E-state index contributed by atoms with van der Waals surface area (Å²) in [6, 6.07) is 0. The van der Waals surface area contributed by atoms with Gasteiger partial charge in [0.25, 0.3) is 0 Å². The molecule has 1 atom stereocenters. The van der Waals surface area contributed by atoms with E-state index in [2.05, 4.69) is 57.9 Å². The maximum atomic E-state index is 2.43. The van der Waals surface area contributed by atoms with Crippen molar-refractivity contribution in [2.75, 3.05) is 13.6 Å². The highest BCUT2D eigenvalue weighted by Crippen LogP contribution is 2.40. The zero-order valence-corrected chi connectivity index (χ0v) is 10.9. The van der Waals surface area contributed by atoms with Crippen LogP contribution in [0.3, 0.4) is 0 Å². The molecular formula is C14H25N. The van der Waals surface area contributed by atoms with Crippen LogP contribution in [-0.4, -0.2) is 18.5 Å². The Morgan fingerprint density at radius 3 is 2.40 bits per heavy atom. The zero-order chi connectivity index (χ0) is 11.5. The lowest BCUT2D eigenvalue weighted by Crippen LogP contribution is -2.27. The van der Waals surface area contributed by atoms with Gasteiger partial charge >= 0.3 is 0 Å². The smallest absolute Gasteiger partial charge is 0.0320 e. The highest BCUT2D eigenvalue weighted by molar-refractivity contribution is 5.26. The molecule has 86 valence electrons. The van der Waals surface area contributed by atoms with Crippen molar-refractivity contribution < 1.29 is 0 Å². The number of hydrogen-bond donors (Lipinski definition) is 0. The molecule has 1 nitrogen and oxygen atoms in total. The van der Waals surface area contributed by atoms with Crippen molar-refractivity contribution in [3.63, 3.8) is 0 Å².